The maximum Gasteiger partial charge on any atom is 0.126 e. The molecule has 1 heterocycles. The Kier molecular flexibility index (Phi) is 5.44. The molecule has 106 valence electrons. The zero-order chi connectivity index (χ0) is 14.2. The lowest BCUT2D eigenvalue weighted by molar-refractivity contribution is 0.301. The van der Waals surface area contributed by atoms with E-state index in [1.54, 1.807) is 6.26 Å². The van der Waals surface area contributed by atoms with E-state index in [0.29, 0.717) is 6.61 Å². The van der Waals surface area contributed by atoms with Gasteiger partial charge in [-0.2, -0.15) is 0 Å². The van der Waals surface area contributed by atoms with Crippen molar-refractivity contribution in [1.82, 2.24) is 5.32 Å². The van der Waals surface area contributed by atoms with Crippen LogP contribution in [0.1, 0.15) is 31.2 Å². The zero-order valence-corrected chi connectivity index (χ0v) is 12.0. The third-order valence-electron chi connectivity index (χ3n) is 3.05. The van der Waals surface area contributed by atoms with Crippen molar-refractivity contribution in [2.75, 3.05) is 13.2 Å². The molecule has 3 nitrogen and oxygen atoms in total. The Labute approximate surface area is 120 Å². The Morgan fingerprint density at radius 1 is 1.25 bits per heavy atom. The molecule has 0 spiro atoms. The predicted octanol–water partition coefficient (Wildman–Crippen LogP) is 4.04. The lowest BCUT2D eigenvalue weighted by Gasteiger charge is -2.13. The van der Waals surface area contributed by atoms with E-state index >= 15 is 0 Å². The average molecular weight is 271 g/mol. The van der Waals surface area contributed by atoms with E-state index in [0.717, 1.165) is 23.6 Å². The summed E-state index contributed by atoms with van der Waals surface area (Å²) in [6.07, 6.45) is 5.75. The first-order valence-electron chi connectivity index (χ1n) is 6.92. The first-order chi connectivity index (χ1) is 9.81. The molecule has 0 bridgehead atoms. The van der Waals surface area contributed by atoms with Gasteiger partial charge in [-0.1, -0.05) is 30.4 Å². The SMILES string of the molecule is CC=Cc1ccccc1OCCNC(C)c1ccco1. The molecular formula is C17H21NO2. The maximum absolute atomic E-state index is 5.81. The maximum atomic E-state index is 5.81. The Balaban J connectivity index is 1.79. The van der Waals surface area contributed by atoms with Crippen LogP contribution in [0, 0.1) is 0 Å². The van der Waals surface area contributed by atoms with Gasteiger partial charge in [0.15, 0.2) is 0 Å². The molecule has 2 aromatic rings. The Morgan fingerprint density at radius 3 is 2.85 bits per heavy atom. The lowest BCUT2D eigenvalue weighted by Crippen LogP contribution is -2.24. The van der Waals surface area contributed by atoms with Gasteiger partial charge >= 0.3 is 0 Å². The van der Waals surface area contributed by atoms with E-state index in [9.17, 15) is 0 Å². The van der Waals surface area contributed by atoms with Gasteiger partial charge in [0.2, 0.25) is 0 Å². The topological polar surface area (TPSA) is 34.4 Å². The first-order valence-corrected chi connectivity index (χ1v) is 6.92. The van der Waals surface area contributed by atoms with E-state index < -0.39 is 0 Å². The summed E-state index contributed by atoms with van der Waals surface area (Å²) in [5.41, 5.74) is 1.11. The van der Waals surface area contributed by atoms with Crippen molar-refractivity contribution in [2.24, 2.45) is 0 Å². The second-order valence-electron chi connectivity index (χ2n) is 4.58. The summed E-state index contributed by atoms with van der Waals surface area (Å²) in [6, 6.07) is 12.1. The standard InChI is InChI=1S/C17H21NO2/c1-3-7-15-8-4-5-9-17(15)20-13-11-18-14(2)16-10-6-12-19-16/h3-10,12,14,18H,11,13H2,1-2H3. The number of allylic oxidation sites excluding steroid dienone is 1. The monoisotopic (exact) mass is 271 g/mol. The van der Waals surface area contributed by atoms with Gasteiger partial charge in [-0.05, 0) is 32.0 Å². The summed E-state index contributed by atoms with van der Waals surface area (Å²) < 4.78 is 11.2. The number of nitrogens with one attached hydrogen (secondary N) is 1. The molecule has 3 heteroatoms. The van der Waals surface area contributed by atoms with Gasteiger partial charge in [0, 0.05) is 12.1 Å². The molecule has 0 aliphatic carbocycles. The molecule has 1 atom stereocenters. The van der Waals surface area contributed by atoms with Crippen LogP contribution >= 0.6 is 0 Å². The largest absolute Gasteiger partial charge is 0.492 e. The summed E-state index contributed by atoms with van der Waals surface area (Å²) in [5, 5.41) is 3.37. The minimum Gasteiger partial charge on any atom is -0.492 e. The van der Waals surface area contributed by atoms with Crippen LogP contribution < -0.4 is 10.1 Å². The van der Waals surface area contributed by atoms with Crippen molar-refractivity contribution >= 4 is 6.08 Å². The highest BCUT2D eigenvalue weighted by atomic mass is 16.5. The molecular weight excluding hydrogens is 250 g/mol. The van der Waals surface area contributed by atoms with Crippen molar-refractivity contribution in [2.45, 2.75) is 19.9 Å². The van der Waals surface area contributed by atoms with Crippen molar-refractivity contribution in [3.63, 3.8) is 0 Å². The predicted molar refractivity (Wildman–Crippen MR) is 81.8 cm³/mol. The number of hydrogen-bond acceptors (Lipinski definition) is 3. The van der Waals surface area contributed by atoms with Crippen molar-refractivity contribution in [3.05, 3.63) is 60.1 Å². The zero-order valence-electron chi connectivity index (χ0n) is 12.0. The third-order valence-corrected chi connectivity index (χ3v) is 3.05. The van der Waals surface area contributed by atoms with Crippen LogP contribution in [0.5, 0.6) is 5.75 Å². The van der Waals surface area contributed by atoms with Gasteiger partial charge in [-0.3, -0.25) is 0 Å². The fourth-order valence-corrected chi connectivity index (χ4v) is 2.00. The van der Waals surface area contributed by atoms with Crippen LogP contribution in [0.25, 0.3) is 6.08 Å². The van der Waals surface area contributed by atoms with Gasteiger partial charge in [-0.15, -0.1) is 0 Å². The van der Waals surface area contributed by atoms with Crippen molar-refractivity contribution in [1.29, 1.82) is 0 Å². The van der Waals surface area contributed by atoms with Crippen LogP contribution in [-0.4, -0.2) is 13.2 Å². The summed E-state index contributed by atoms with van der Waals surface area (Å²) in [7, 11) is 0. The molecule has 0 aliphatic rings. The highest BCUT2D eigenvalue weighted by molar-refractivity contribution is 5.56. The number of rotatable bonds is 7. The van der Waals surface area contributed by atoms with Gasteiger partial charge in [-0.25, -0.2) is 0 Å². The van der Waals surface area contributed by atoms with Gasteiger partial charge in [0.25, 0.3) is 0 Å². The summed E-state index contributed by atoms with van der Waals surface area (Å²) >= 11 is 0. The molecule has 0 radical (unpaired) electrons. The molecule has 20 heavy (non-hydrogen) atoms. The van der Waals surface area contributed by atoms with Crippen molar-refractivity contribution in [3.8, 4) is 5.75 Å². The smallest absolute Gasteiger partial charge is 0.126 e. The lowest BCUT2D eigenvalue weighted by atomic mass is 10.2. The third kappa shape index (κ3) is 4.00. The second-order valence-corrected chi connectivity index (χ2v) is 4.58. The molecule has 1 aromatic heterocycles. The van der Waals surface area contributed by atoms with Crippen LogP contribution in [0.2, 0.25) is 0 Å². The van der Waals surface area contributed by atoms with Gasteiger partial charge in [0.05, 0.1) is 12.3 Å². The number of benzene rings is 1. The molecule has 0 saturated carbocycles. The van der Waals surface area contributed by atoms with E-state index in [1.165, 1.54) is 0 Å². The molecule has 0 aliphatic heterocycles. The molecule has 0 saturated heterocycles. The fraction of sp³-hybridized carbons (Fsp3) is 0.294. The van der Waals surface area contributed by atoms with Gasteiger partial charge < -0.3 is 14.5 Å². The summed E-state index contributed by atoms with van der Waals surface area (Å²) in [5.74, 6) is 1.86. The van der Waals surface area contributed by atoms with E-state index in [2.05, 4.69) is 12.2 Å². The van der Waals surface area contributed by atoms with Crippen LogP contribution in [-0.2, 0) is 0 Å². The Bertz CT molecular complexity index is 532. The number of para-hydroxylation sites is 1. The second kappa shape index (κ2) is 7.56. The highest BCUT2D eigenvalue weighted by Crippen LogP contribution is 2.19. The van der Waals surface area contributed by atoms with E-state index in [1.807, 2.05) is 55.5 Å². The Morgan fingerprint density at radius 2 is 2.10 bits per heavy atom. The molecule has 1 aromatic carbocycles. The van der Waals surface area contributed by atoms with Crippen molar-refractivity contribution < 1.29 is 9.15 Å². The van der Waals surface area contributed by atoms with E-state index in [4.69, 9.17) is 9.15 Å². The number of ether oxygens (including phenoxy) is 1. The van der Waals surface area contributed by atoms with Crippen LogP contribution in [0.3, 0.4) is 0 Å². The quantitative estimate of drug-likeness (QED) is 0.772. The van der Waals surface area contributed by atoms with Gasteiger partial charge in [0.1, 0.15) is 18.1 Å². The Hall–Kier alpha value is -2.00. The highest BCUT2D eigenvalue weighted by Gasteiger charge is 2.06. The molecule has 2 rings (SSSR count). The first kappa shape index (κ1) is 14.4. The number of furan rings is 1. The van der Waals surface area contributed by atoms with Crippen LogP contribution in [0.15, 0.2) is 53.2 Å². The normalized spacial score (nSPS) is 12.7. The van der Waals surface area contributed by atoms with E-state index in [-0.39, 0.29) is 6.04 Å². The summed E-state index contributed by atoms with van der Waals surface area (Å²) in [4.78, 5) is 0. The molecule has 1 unspecified atom stereocenters. The molecule has 0 amide bonds. The minimum atomic E-state index is 0.194. The fourth-order valence-electron chi connectivity index (χ4n) is 2.00. The molecule has 1 N–H and O–H groups in total. The average Bonchev–Trinajstić information content (AvgIpc) is 2.99. The summed E-state index contributed by atoms with van der Waals surface area (Å²) in [6.45, 7) is 5.47. The number of hydrogen-bond donors (Lipinski definition) is 1. The minimum absolute atomic E-state index is 0.194. The molecule has 0 fully saturated rings. The van der Waals surface area contributed by atoms with Crippen LogP contribution in [0.4, 0.5) is 0 Å².